The summed E-state index contributed by atoms with van der Waals surface area (Å²) in [7, 11) is 1.81. The van der Waals surface area contributed by atoms with Gasteiger partial charge in [-0.2, -0.15) is 0 Å². The number of benzene rings is 2. The van der Waals surface area contributed by atoms with Gasteiger partial charge in [0.05, 0.1) is 5.69 Å². The molecule has 6 heteroatoms. The van der Waals surface area contributed by atoms with Crippen molar-refractivity contribution in [3.05, 3.63) is 102 Å². The quantitative estimate of drug-likeness (QED) is 0.274. The molecule has 0 aliphatic carbocycles. The van der Waals surface area contributed by atoms with Gasteiger partial charge in [-0.1, -0.05) is 30.3 Å². The third kappa shape index (κ3) is 5.59. The van der Waals surface area contributed by atoms with Gasteiger partial charge in [0.15, 0.2) is 0 Å². The maximum Gasteiger partial charge on any atom is 0.246 e. The molecule has 0 radical (unpaired) electrons. The fraction of sp³-hybridized carbons (Fsp3) is 0.154. The molecule has 0 aliphatic rings. The molecule has 0 saturated heterocycles. The van der Waals surface area contributed by atoms with Crippen LogP contribution in [0, 0.1) is 0 Å². The number of thioether (sulfide) groups is 1. The summed E-state index contributed by atoms with van der Waals surface area (Å²) in [4.78, 5) is 19.9. The molecule has 0 spiro atoms. The highest BCUT2D eigenvalue weighted by molar-refractivity contribution is 7.98. The molecule has 1 amide bonds. The zero-order valence-electron chi connectivity index (χ0n) is 18.1. The second kappa shape index (κ2) is 10.2. The van der Waals surface area contributed by atoms with Gasteiger partial charge in [0, 0.05) is 37.0 Å². The average Bonchev–Trinajstić information content (AvgIpc) is 3.25. The molecule has 0 fully saturated rings. The van der Waals surface area contributed by atoms with Crippen LogP contribution in [-0.2, 0) is 17.9 Å². The Bertz CT molecular complexity index is 1180. The number of carbonyl (C=O) groups is 1. The molecule has 0 saturated carbocycles. The van der Waals surface area contributed by atoms with Crippen molar-refractivity contribution in [2.24, 2.45) is 0 Å². The fourth-order valence-corrected chi connectivity index (χ4v) is 3.67. The number of pyridine rings is 1. The van der Waals surface area contributed by atoms with Crippen molar-refractivity contribution in [1.82, 2.24) is 14.3 Å². The molecule has 32 heavy (non-hydrogen) atoms. The number of hydrogen-bond acceptors (Lipinski definition) is 4. The van der Waals surface area contributed by atoms with Crippen molar-refractivity contribution in [1.29, 1.82) is 0 Å². The zero-order chi connectivity index (χ0) is 22.3. The number of rotatable bonds is 8. The van der Waals surface area contributed by atoms with Crippen LogP contribution in [0.4, 0.5) is 0 Å². The maximum absolute atomic E-state index is 12.4. The maximum atomic E-state index is 12.4. The van der Waals surface area contributed by atoms with Crippen LogP contribution in [0.3, 0.4) is 0 Å². The predicted molar refractivity (Wildman–Crippen MR) is 130 cm³/mol. The van der Waals surface area contributed by atoms with Crippen LogP contribution in [0.15, 0.2) is 90.1 Å². The summed E-state index contributed by atoms with van der Waals surface area (Å²) in [6, 6.07) is 21.8. The SMILES string of the molecule is CSc1ccc(CN(C)C(=O)/C=C/c2ccc(OCc3cn4ccccc4n3)cc2)cc1. The third-order valence-corrected chi connectivity index (χ3v) is 5.80. The van der Waals surface area contributed by atoms with E-state index in [1.807, 2.05) is 72.4 Å². The molecule has 0 aliphatic heterocycles. The summed E-state index contributed by atoms with van der Waals surface area (Å²) >= 11 is 1.71. The first-order valence-corrected chi connectivity index (χ1v) is 11.5. The van der Waals surface area contributed by atoms with Gasteiger partial charge in [-0.25, -0.2) is 4.98 Å². The smallest absolute Gasteiger partial charge is 0.246 e. The molecule has 162 valence electrons. The molecule has 4 rings (SSSR count). The monoisotopic (exact) mass is 443 g/mol. The van der Waals surface area contributed by atoms with Crippen LogP contribution < -0.4 is 4.74 Å². The summed E-state index contributed by atoms with van der Waals surface area (Å²) in [6.45, 7) is 0.978. The van der Waals surface area contributed by atoms with Crippen molar-refractivity contribution in [3.63, 3.8) is 0 Å². The highest BCUT2D eigenvalue weighted by Crippen LogP contribution is 2.17. The number of nitrogens with zero attached hydrogens (tertiary/aromatic N) is 3. The Morgan fingerprint density at radius 3 is 2.59 bits per heavy atom. The Labute approximate surface area is 192 Å². The van der Waals surface area contributed by atoms with E-state index in [1.165, 1.54) is 4.90 Å². The minimum Gasteiger partial charge on any atom is -0.487 e. The summed E-state index contributed by atoms with van der Waals surface area (Å²) in [5, 5.41) is 0. The van der Waals surface area contributed by atoms with E-state index in [9.17, 15) is 4.79 Å². The minimum absolute atomic E-state index is 0.0360. The molecule has 0 N–H and O–H groups in total. The number of aromatic nitrogens is 2. The molecule has 4 aromatic rings. The van der Waals surface area contributed by atoms with Crippen LogP contribution >= 0.6 is 11.8 Å². The largest absolute Gasteiger partial charge is 0.487 e. The first kappa shape index (κ1) is 21.7. The molecule has 5 nitrogen and oxygen atoms in total. The third-order valence-electron chi connectivity index (χ3n) is 5.05. The molecule has 0 atom stereocenters. The average molecular weight is 444 g/mol. The summed E-state index contributed by atoms with van der Waals surface area (Å²) < 4.78 is 7.82. The van der Waals surface area contributed by atoms with E-state index in [0.717, 1.165) is 28.2 Å². The Kier molecular flexibility index (Phi) is 6.92. The van der Waals surface area contributed by atoms with Crippen LogP contribution in [0.2, 0.25) is 0 Å². The lowest BCUT2D eigenvalue weighted by Crippen LogP contribution is -2.24. The Morgan fingerprint density at radius 1 is 1.09 bits per heavy atom. The standard InChI is InChI=1S/C26H25N3O2S/c1-28(17-21-8-13-24(32-2)14-9-21)26(30)15-10-20-6-11-23(12-7-20)31-19-22-18-29-16-4-3-5-25(29)27-22/h3-16,18H,17,19H2,1-2H3/b15-10+. The lowest BCUT2D eigenvalue weighted by molar-refractivity contribution is -0.125. The van der Waals surface area contributed by atoms with Crippen LogP contribution in [0.1, 0.15) is 16.8 Å². The highest BCUT2D eigenvalue weighted by Gasteiger charge is 2.06. The topological polar surface area (TPSA) is 46.8 Å². The van der Waals surface area contributed by atoms with Crippen molar-refractivity contribution >= 4 is 29.4 Å². The number of hydrogen-bond donors (Lipinski definition) is 0. The number of imidazole rings is 1. The van der Waals surface area contributed by atoms with Crippen LogP contribution in [-0.4, -0.2) is 33.5 Å². The minimum atomic E-state index is -0.0360. The first-order valence-electron chi connectivity index (χ1n) is 10.3. The van der Waals surface area contributed by atoms with Crippen molar-refractivity contribution in [2.45, 2.75) is 18.0 Å². The van der Waals surface area contributed by atoms with E-state index in [4.69, 9.17) is 4.74 Å². The van der Waals surface area contributed by atoms with Gasteiger partial charge < -0.3 is 14.0 Å². The molecule has 0 bridgehead atoms. The molecule has 2 heterocycles. The van der Waals surface area contributed by atoms with Gasteiger partial charge in [-0.05, 0) is 59.9 Å². The molecular weight excluding hydrogens is 418 g/mol. The van der Waals surface area contributed by atoms with Crippen molar-refractivity contribution in [2.75, 3.05) is 13.3 Å². The van der Waals surface area contributed by atoms with E-state index in [-0.39, 0.29) is 5.91 Å². The molecular formula is C26H25N3O2S. The number of amides is 1. The number of ether oxygens (including phenoxy) is 1. The second-order valence-electron chi connectivity index (χ2n) is 7.43. The van der Waals surface area contributed by atoms with E-state index >= 15 is 0 Å². The van der Waals surface area contributed by atoms with Crippen LogP contribution in [0.5, 0.6) is 5.75 Å². The fourth-order valence-electron chi connectivity index (χ4n) is 3.27. The summed E-state index contributed by atoms with van der Waals surface area (Å²) in [6.07, 6.45) is 9.40. The second-order valence-corrected chi connectivity index (χ2v) is 8.31. The normalized spacial score (nSPS) is 11.2. The van der Waals surface area contributed by atoms with Gasteiger partial charge >= 0.3 is 0 Å². The van der Waals surface area contributed by atoms with Gasteiger partial charge in [-0.3, -0.25) is 4.79 Å². The Hall–Kier alpha value is -3.51. The van der Waals surface area contributed by atoms with Gasteiger partial charge in [-0.15, -0.1) is 11.8 Å². The van der Waals surface area contributed by atoms with Crippen molar-refractivity contribution < 1.29 is 9.53 Å². The van der Waals surface area contributed by atoms with E-state index in [1.54, 1.807) is 22.7 Å². The summed E-state index contributed by atoms with van der Waals surface area (Å²) in [5.74, 6) is 0.724. The first-order chi connectivity index (χ1) is 15.6. The molecule has 0 unspecified atom stereocenters. The van der Waals surface area contributed by atoms with Gasteiger partial charge in [0.1, 0.15) is 18.0 Å². The summed E-state index contributed by atoms with van der Waals surface area (Å²) in [5.41, 5.74) is 3.82. The highest BCUT2D eigenvalue weighted by atomic mass is 32.2. The van der Waals surface area contributed by atoms with E-state index in [2.05, 4.69) is 35.5 Å². The molecule has 2 aromatic carbocycles. The lowest BCUT2D eigenvalue weighted by atomic mass is 10.2. The lowest BCUT2D eigenvalue weighted by Gasteiger charge is -2.15. The number of fused-ring (bicyclic) bond motifs is 1. The Morgan fingerprint density at radius 2 is 1.88 bits per heavy atom. The Balaban J connectivity index is 1.29. The molecule has 2 aromatic heterocycles. The zero-order valence-corrected chi connectivity index (χ0v) is 19.0. The predicted octanol–water partition coefficient (Wildman–Crippen LogP) is 5.31. The van der Waals surface area contributed by atoms with Crippen molar-refractivity contribution in [3.8, 4) is 5.75 Å². The van der Waals surface area contributed by atoms with Gasteiger partial charge in [0.2, 0.25) is 5.91 Å². The van der Waals surface area contributed by atoms with E-state index in [0.29, 0.717) is 13.2 Å². The van der Waals surface area contributed by atoms with E-state index < -0.39 is 0 Å². The number of carbonyl (C=O) groups excluding carboxylic acids is 1. The van der Waals surface area contributed by atoms with Crippen LogP contribution in [0.25, 0.3) is 11.7 Å². The number of likely N-dealkylation sites (N-methyl/N-ethyl adjacent to an activating group) is 1. The van der Waals surface area contributed by atoms with Gasteiger partial charge in [0.25, 0.3) is 0 Å².